The average Bonchev–Trinajstić information content (AvgIpc) is 2.63. The summed E-state index contributed by atoms with van der Waals surface area (Å²) in [6.45, 7) is 3.73. The molecule has 2 heterocycles. The maximum atomic E-state index is 13.2. The van der Waals surface area contributed by atoms with Gasteiger partial charge in [0.15, 0.2) is 0 Å². The summed E-state index contributed by atoms with van der Waals surface area (Å²) in [5.74, 6) is -0.291. The van der Waals surface area contributed by atoms with Crippen molar-refractivity contribution in [3.05, 3.63) is 65.2 Å². The van der Waals surface area contributed by atoms with Crippen LogP contribution in [0.4, 0.5) is 4.39 Å². The van der Waals surface area contributed by atoms with Crippen LogP contribution in [0.1, 0.15) is 35.8 Å². The first-order valence-electron chi connectivity index (χ1n) is 8.53. The van der Waals surface area contributed by atoms with Crippen molar-refractivity contribution in [1.29, 1.82) is 5.26 Å². The molecule has 1 N–H and O–H groups in total. The standard InChI is InChI=1S/C20H22FN3O/c1-15-12-16(21)5-6-17(15)18(25)13-24-10-7-20(14-22,8-11-24)19-4-2-3-9-23-19/h2-6,9,12,18,25H,7-8,10-11,13H2,1H3. The monoisotopic (exact) mass is 339 g/mol. The number of aromatic nitrogens is 1. The van der Waals surface area contributed by atoms with Gasteiger partial charge in [-0.3, -0.25) is 4.98 Å². The summed E-state index contributed by atoms with van der Waals surface area (Å²) in [5, 5.41) is 20.2. The Morgan fingerprint density at radius 2 is 2.08 bits per heavy atom. The number of benzene rings is 1. The smallest absolute Gasteiger partial charge is 0.123 e. The van der Waals surface area contributed by atoms with Gasteiger partial charge in [-0.25, -0.2) is 4.39 Å². The Morgan fingerprint density at radius 3 is 2.68 bits per heavy atom. The summed E-state index contributed by atoms with van der Waals surface area (Å²) in [6, 6.07) is 12.6. The maximum Gasteiger partial charge on any atom is 0.123 e. The van der Waals surface area contributed by atoms with Gasteiger partial charge in [0.2, 0.25) is 0 Å². The average molecular weight is 339 g/mol. The van der Waals surface area contributed by atoms with Crippen LogP contribution in [0.2, 0.25) is 0 Å². The molecule has 1 aliphatic rings. The van der Waals surface area contributed by atoms with Crippen LogP contribution in [0.3, 0.4) is 0 Å². The Morgan fingerprint density at radius 1 is 1.32 bits per heavy atom. The second kappa shape index (κ2) is 7.30. The molecule has 1 aromatic carbocycles. The summed E-state index contributed by atoms with van der Waals surface area (Å²) >= 11 is 0. The van der Waals surface area contributed by atoms with Crippen molar-refractivity contribution in [3.63, 3.8) is 0 Å². The summed E-state index contributed by atoms with van der Waals surface area (Å²) in [7, 11) is 0. The first-order chi connectivity index (χ1) is 12.0. The van der Waals surface area contributed by atoms with E-state index in [9.17, 15) is 14.8 Å². The van der Waals surface area contributed by atoms with Crippen LogP contribution in [-0.4, -0.2) is 34.6 Å². The minimum Gasteiger partial charge on any atom is -0.387 e. The van der Waals surface area contributed by atoms with Crippen LogP contribution in [-0.2, 0) is 5.41 Å². The molecule has 0 saturated carbocycles. The number of aliphatic hydroxyl groups is 1. The van der Waals surface area contributed by atoms with E-state index in [1.807, 2.05) is 18.2 Å². The number of β-amino-alcohol motifs (C(OH)–C–C–N with tert-alkyl or cyclic N) is 1. The third kappa shape index (κ3) is 3.71. The molecule has 0 aliphatic carbocycles. The lowest BCUT2D eigenvalue weighted by Crippen LogP contribution is -2.43. The second-order valence-corrected chi connectivity index (χ2v) is 6.73. The van der Waals surface area contributed by atoms with Gasteiger partial charge in [-0.15, -0.1) is 0 Å². The Bertz CT molecular complexity index is 764. The normalized spacial score (nSPS) is 18.5. The highest BCUT2D eigenvalue weighted by Gasteiger charge is 2.38. The SMILES string of the molecule is Cc1cc(F)ccc1C(O)CN1CCC(C#N)(c2ccccn2)CC1. The number of nitriles is 1. The lowest BCUT2D eigenvalue weighted by atomic mass is 9.76. The van der Waals surface area contributed by atoms with E-state index in [0.717, 1.165) is 29.9 Å². The number of hydrogen-bond acceptors (Lipinski definition) is 4. The summed E-state index contributed by atoms with van der Waals surface area (Å²) in [4.78, 5) is 6.53. The molecule has 1 aromatic heterocycles. The molecule has 1 saturated heterocycles. The third-order valence-electron chi connectivity index (χ3n) is 5.10. The van der Waals surface area contributed by atoms with Crippen molar-refractivity contribution in [2.24, 2.45) is 0 Å². The number of nitrogens with zero attached hydrogens (tertiary/aromatic N) is 3. The summed E-state index contributed by atoms with van der Waals surface area (Å²) in [5.41, 5.74) is 1.79. The van der Waals surface area contributed by atoms with Crippen LogP contribution < -0.4 is 0 Å². The molecule has 0 bridgehead atoms. The fourth-order valence-corrected chi connectivity index (χ4v) is 3.54. The topological polar surface area (TPSA) is 60.1 Å². The van der Waals surface area contributed by atoms with E-state index in [1.165, 1.54) is 12.1 Å². The molecule has 1 unspecified atom stereocenters. The van der Waals surface area contributed by atoms with E-state index in [1.54, 1.807) is 19.2 Å². The lowest BCUT2D eigenvalue weighted by Gasteiger charge is -2.37. The van der Waals surface area contributed by atoms with Crippen molar-refractivity contribution < 1.29 is 9.50 Å². The second-order valence-electron chi connectivity index (χ2n) is 6.73. The predicted molar refractivity (Wildman–Crippen MR) is 93.3 cm³/mol. The highest BCUT2D eigenvalue weighted by atomic mass is 19.1. The first kappa shape index (κ1) is 17.5. The zero-order valence-corrected chi connectivity index (χ0v) is 14.3. The van der Waals surface area contributed by atoms with E-state index in [0.29, 0.717) is 19.4 Å². The Hall–Kier alpha value is -2.29. The number of piperidine rings is 1. The molecule has 1 aliphatic heterocycles. The van der Waals surface area contributed by atoms with Gasteiger partial charge >= 0.3 is 0 Å². The number of hydrogen-bond donors (Lipinski definition) is 1. The zero-order valence-electron chi connectivity index (χ0n) is 14.3. The molecular weight excluding hydrogens is 317 g/mol. The van der Waals surface area contributed by atoms with Gasteiger partial charge in [0, 0.05) is 25.8 Å². The van der Waals surface area contributed by atoms with Crippen molar-refractivity contribution >= 4 is 0 Å². The maximum absolute atomic E-state index is 13.2. The van der Waals surface area contributed by atoms with Crippen LogP contribution in [0, 0.1) is 24.1 Å². The number of pyridine rings is 1. The minimum absolute atomic E-state index is 0.291. The molecule has 3 rings (SSSR count). The molecule has 5 heteroatoms. The molecule has 1 atom stereocenters. The van der Waals surface area contributed by atoms with Crippen molar-refractivity contribution in [2.45, 2.75) is 31.3 Å². The fourth-order valence-electron chi connectivity index (χ4n) is 3.54. The van der Waals surface area contributed by atoms with Crippen molar-refractivity contribution in [2.75, 3.05) is 19.6 Å². The number of rotatable bonds is 4. The van der Waals surface area contributed by atoms with Gasteiger partial charge in [-0.2, -0.15) is 5.26 Å². The molecule has 0 radical (unpaired) electrons. The van der Waals surface area contributed by atoms with Crippen LogP contribution >= 0.6 is 0 Å². The van der Waals surface area contributed by atoms with E-state index in [-0.39, 0.29) is 5.82 Å². The van der Waals surface area contributed by atoms with E-state index in [2.05, 4.69) is 16.0 Å². The molecule has 25 heavy (non-hydrogen) atoms. The summed E-state index contributed by atoms with van der Waals surface area (Å²) in [6.07, 6.45) is 2.44. The number of aryl methyl sites for hydroxylation is 1. The Labute approximate surface area is 147 Å². The van der Waals surface area contributed by atoms with Gasteiger partial charge in [0.25, 0.3) is 0 Å². The Balaban J connectivity index is 1.65. The Kier molecular flexibility index (Phi) is 5.12. The molecule has 2 aromatic rings. The highest BCUT2D eigenvalue weighted by molar-refractivity contribution is 5.29. The number of aliphatic hydroxyl groups excluding tert-OH is 1. The molecule has 130 valence electrons. The van der Waals surface area contributed by atoms with Crippen molar-refractivity contribution in [1.82, 2.24) is 9.88 Å². The zero-order chi connectivity index (χ0) is 17.9. The molecule has 1 fully saturated rings. The largest absolute Gasteiger partial charge is 0.387 e. The van der Waals surface area contributed by atoms with E-state index >= 15 is 0 Å². The van der Waals surface area contributed by atoms with Crippen molar-refractivity contribution in [3.8, 4) is 6.07 Å². The molecule has 4 nitrogen and oxygen atoms in total. The van der Waals surface area contributed by atoms with Gasteiger partial charge in [-0.1, -0.05) is 12.1 Å². The fraction of sp³-hybridized carbons (Fsp3) is 0.400. The first-order valence-corrected chi connectivity index (χ1v) is 8.53. The number of likely N-dealkylation sites (tertiary alicyclic amines) is 1. The quantitative estimate of drug-likeness (QED) is 0.930. The summed E-state index contributed by atoms with van der Waals surface area (Å²) < 4.78 is 13.2. The third-order valence-corrected chi connectivity index (χ3v) is 5.10. The predicted octanol–water partition coefficient (Wildman–Crippen LogP) is 3.12. The van der Waals surface area contributed by atoms with Crippen LogP contribution in [0.25, 0.3) is 0 Å². The molecule has 0 spiro atoms. The van der Waals surface area contributed by atoms with E-state index in [4.69, 9.17) is 0 Å². The van der Waals surface area contributed by atoms with Crippen LogP contribution in [0.15, 0.2) is 42.6 Å². The number of halogens is 1. The molecular formula is C20H22FN3O. The highest BCUT2D eigenvalue weighted by Crippen LogP contribution is 2.34. The lowest BCUT2D eigenvalue weighted by molar-refractivity contribution is 0.0888. The van der Waals surface area contributed by atoms with Gasteiger partial charge in [-0.05, 0) is 55.2 Å². The van der Waals surface area contributed by atoms with E-state index < -0.39 is 11.5 Å². The van der Waals surface area contributed by atoms with Gasteiger partial charge < -0.3 is 10.0 Å². The van der Waals surface area contributed by atoms with Crippen LogP contribution in [0.5, 0.6) is 0 Å². The molecule has 0 amide bonds. The minimum atomic E-state index is -0.662. The van der Waals surface area contributed by atoms with Gasteiger partial charge in [0.1, 0.15) is 11.2 Å². The van der Waals surface area contributed by atoms with Gasteiger partial charge in [0.05, 0.1) is 17.9 Å².